The number of nitrogens with two attached hydrogens (primary N) is 1. The Morgan fingerprint density at radius 1 is 1.15 bits per heavy atom. The van der Waals surface area contributed by atoms with Crippen LogP contribution in [-0.4, -0.2) is 91.9 Å². The van der Waals surface area contributed by atoms with Crippen LogP contribution in [0.2, 0.25) is 5.02 Å². The summed E-state index contributed by atoms with van der Waals surface area (Å²) in [6.45, 7) is 3.32. The van der Waals surface area contributed by atoms with Crippen LogP contribution in [0.15, 0.2) is 12.1 Å². The zero-order valence-corrected chi connectivity index (χ0v) is 26.7. The van der Waals surface area contributed by atoms with Gasteiger partial charge in [-0.3, -0.25) is 4.90 Å². The van der Waals surface area contributed by atoms with Crippen LogP contribution in [0.25, 0.3) is 32.1 Å². The molecule has 0 amide bonds. The molecule has 0 aliphatic carbocycles. The molecule has 0 radical (unpaired) electrons. The van der Waals surface area contributed by atoms with Crippen molar-refractivity contribution in [2.75, 3.05) is 69.9 Å². The normalized spacial score (nSPS) is 23.5. The van der Waals surface area contributed by atoms with Gasteiger partial charge in [-0.05, 0) is 31.0 Å². The molecule has 4 aliphatic rings. The topological polar surface area (TPSA) is 119 Å². The Balaban J connectivity index is 1.34. The Labute approximate surface area is 276 Å². The minimum Gasteiger partial charge on any atom is -0.489 e. The number of halogens is 4. The van der Waals surface area contributed by atoms with E-state index in [2.05, 4.69) is 9.88 Å². The van der Waals surface area contributed by atoms with E-state index in [1.165, 1.54) is 12.1 Å². The molecule has 2 aromatic heterocycles. The van der Waals surface area contributed by atoms with Crippen LogP contribution >= 0.6 is 22.9 Å². The standard InChI is InChI=1S/C32H30ClF3N6O4S/c33-24-22(18-2-3-20(35)28-21(18)19(11-37)29(38)47-28)25(36)26-23-27(24)45-7-6-42(17-13-43-8-9-44-14-17)30(23)40-31(39-26)46-15-32-4-1-5-41(32)12-16(34)10-32/h2-3,16-17H,1,4-10,12-15,38H2/t16-,32+/m1/s1. The highest BCUT2D eigenvalue weighted by atomic mass is 35.5. The molecule has 0 spiro atoms. The van der Waals surface area contributed by atoms with E-state index in [1.807, 2.05) is 11.0 Å². The highest BCUT2D eigenvalue weighted by Crippen LogP contribution is 2.51. The van der Waals surface area contributed by atoms with Crippen molar-refractivity contribution in [2.45, 2.75) is 37.0 Å². The summed E-state index contributed by atoms with van der Waals surface area (Å²) in [5.74, 6) is -0.942. The third-order valence-corrected chi connectivity index (χ3v) is 11.0. The number of hydrogen-bond acceptors (Lipinski definition) is 11. The van der Waals surface area contributed by atoms with Crippen LogP contribution < -0.4 is 20.1 Å². The molecule has 10 nitrogen and oxygen atoms in total. The molecule has 15 heteroatoms. The number of fused-ring (bicyclic) bond motifs is 2. The first kappa shape index (κ1) is 30.7. The van der Waals surface area contributed by atoms with Gasteiger partial charge < -0.3 is 29.6 Å². The molecular weight excluding hydrogens is 657 g/mol. The SMILES string of the molecule is N#Cc1c(N)sc2c(F)ccc(-c3c(Cl)c4c5c(nc(OC[C@@]67CCCN6C[C@H](F)C7)nc5c3F)N(C3COCCOC3)CCO4)c12. The van der Waals surface area contributed by atoms with Gasteiger partial charge in [0.15, 0.2) is 11.6 Å². The van der Waals surface area contributed by atoms with Gasteiger partial charge >= 0.3 is 6.01 Å². The van der Waals surface area contributed by atoms with Crippen LogP contribution in [0.4, 0.5) is 24.0 Å². The summed E-state index contributed by atoms with van der Waals surface area (Å²) in [6, 6.07) is 4.22. The number of rotatable bonds is 5. The molecule has 3 fully saturated rings. The Kier molecular flexibility index (Phi) is 7.72. The van der Waals surface area contributed by atoms with Crippen LogP contribution in [-0.2, 0) is 9.47 Å². The average Bonchev–Trinajstić information content (AvgIpc) is 3.54. The maximum absolute atomic E-state index is 17.1. The Bertz CT molecular complexity index is 1950. The zero-order valence-electron chi connectivity index (χ0n) is 25.2. The van der Waals surface area contributed by atoms with Gasteiger partial charge in [0.25, 0.3) is 0 Å². The summed E-state index contributed by atoms with van der Waals surface area (Å²) in [4.78, 5) is 13.4. The van der Waals surface area contributed by atoms with E-state index in [9.17, 15) is 14.0 Å². The summed E-state index contributed by atoms with van der Waals surface area (Å²) < 4.78 is 70.8. The van der Waals surface area contributed by atoms with Crippen molar-refractivity contribution in [2.24, 2.45) is 0 Å². The van der Waals surface area contributed by atoms with Gasteiger partial charge in [-0.1, -0.05) is 17.7 Å². The van der Waals surface area contributed by atoms with E-state index in [-0.39, 0.29) is 78.7 Å². The average molecular weight is 687 g/mol. The van der Waals surface area contributed by atoms with Gasteiger partial charge in [-0.2, -0.15) is 15.2 Å². The van der Waals surface area contributed by atoms with E-state index in [0.29, 0.717) is 51.8 Å². The molecule has 0 unspecified atom stereocenters. The van der Waals surface area contributed by atoms with Crippen LogP contribution in [0.3, 0.4) is 0 Å². The van der Waals surface area contributed by atoms with Crippen molar-refractivity contribution in [3.05, 3.63) is 34.4 Å². The predicted molar refractivity (Wildman–Crippen MR) is 171 cm³/mol. The molecule has 246 valence electrons. The largest absolute Gasteiger partial charge is 0.489 e. The summed E-state index contributed by atoms with van der Waals surface area (Å²) in [7, 11) is 0. The van der Waals surface area contributed by atoms with E-state index >= 15 is 4.39 Å². The number of ether oxygens (including phenoxy) is 4. The summed E-state index contributed by atoms with van der Waals surface area (Å²) >= 11 is 7.91. The van der Waals surface area contributed by atoms with E-state index < -0.39 is 23.3 Å². The molecule has 4 aromatic rings. The van der Waals surface area contributed by atoms with Crippen LogP contribution in [0.1, 0.15) is 24.8 Å². The molecule has 0 saturated carbocycles. The zero-order chi connectivity index (χ0) is 32.4. The van der Waals surface area contributed by atoms with Crippen molar-refractivity contribution in [3.8, 4) is 29.0 Å². The molecule has 8 rings (SSSR count). The van der Waals surface area contributed by atoms with Crippen LogP contribution in [0, 0.1) is 23.0 Å². The predicted octanol–water partition coefficient (Wildman–Crippen LogP) is 5.47. The molecule has 2 aromatic carbocycles. The number of anilines is 2. The Morgan fingerprint density at radius 3 is 2.74 bits per heavy atom. The minimum atomic E-state index is -0.953. The Morgan fingerprint density at radius 2 is 1.96 bits per heavy atom. The fourth-order valence-electron chi connectivity index (χ4n) is 7.53. The maximum Gasteiger partial charge on any atom is 0.319 e. The van der Waals surface area contributed by atoms with Crippen molar-refractivity contribution in [1.82, 2.24) is 14.9 Å². The molecule has 2 atom stereocenters. The lowest BCUT2D eigenvalue weighted by molar-refractivity contribution is 0.103. The fourth-order valence-corrected chi connectivity index (χ4v) is 8.81. The van der Waals surface area contributed by atoms with Gasteiger partial charge in [0.1, 0.15) is 47.6 Å². The highest BCUT2D eigenvalue weighted by molar-refractivity contribution is 7.23. The van der Waals surface area contributed by atoms with E-state index in [1.54, 1.807) is 0 Å². The number of nitriles is 1. The first-order valence-electron chi connectivity index (χ1n) is 15.5. The molecule has 4 aliphatic heterocycles. The van der Waals surface area contributed by atoms with Gasteiger partial charge in [0, 0.05) is 23.9 Å². The summed E-state index contributed by atoms with van der Waals surface area (Å²) in [6.07, 6.45) is 1.09. The number of benzene rings is 2. The van der Waals surface area contributed by atoms with Crippen molar-refractivity contribution in [1.29, 1.82) is 5.26 Å². The third-order valence-electron chi connectivity index (χ3n) is 9.66. The number of nitrogen functional groups attached to an aromatic ring is 1. The molecule has 0 bridgehead atoms. The summed E-state index contributed by atoms with van der Waals surface area (Å²) in [5.41, 5.74) is 5.55. The van der Waals surface area contributed by atoms with Crippen molar-refractivity contribution >= 4 is 54.7 Å². The Hall–Kier alpha value is -3.61. The van der Waals surface area contributed by atoms with E-state index in [4.69, 9.17) is 41.3 Å². The molecule has 3 saturated heterocycles. The monoisotopic (exact) mass is 686 g/mol. The highest BCUT2D eigenvalue weighted by Gasteiger charge is 2.49. The third kappa shape index (κ3) is 4.93. The van der Waals surface area contributed by atoms with Crippen molar-refractivity contribution in [3.63, 3.8) is 0 Å². The molecule has 6 heterocycles. The van der Waals surface area contributed by atoms with E-state index in [0.717, 1.165) is 30.7 Å². The molecular formula is C32H30ClF3N6O4S. The quantitative estimate of drug-likeness (QED) is 0.290. The lowest BCUT2D eigenvalue weighted by Crippen LogP contribution is -2.44. The lowest BCUT2D eigenvalue weighted by Gasteiger charge is -2.32. The second-order valence-corrected chi connectivity index (χ2v) is 13.8. The van der Waals surface area contributed by atoms with Gasteiger partial charge in [0.2, 0.25) is 0 Å². The first-order valence-corrected chi connectivity index (χ1v) is 16.7. The number of nitrogens with zero attached hydrogens (tertiary/aromatic N) is 5. The number of hydrogen-bond donors (Lipinski definition) is 1. The molecule has 47 heavy (non-hydrogen) atoms. The van der Waals surface area contributed by atoms with Gasteiger partial charge in [-0.15, -0.1) is 11.3 Å². The maximum atomic E-state index is 17.1. The first-order chi connectivity index (χ1) is 22.8. The second-order valence-electron chi connectivity index (χ2n) is 12.3. The summed E-state index contributed by atoms with van der Waals surface area (Å²) in [5, 5.41) is 10.3. The lowest BCUT2D eigenvalue weighted by atomic mass is 9.95. The fraction of sp³-hybridized carbons (Fsp3) is 0.469. The number of thiophene rings is 1. The molecule has 2 N–H and O–H groups in total. The van der Waals surface area contributed by atoms with Gasteiger partial charge in [0.05, 0.1) is 65.2 Å². The van der Waals surface area contributed by atoms with Crippen molar-refractivity contribution < 1.29 is 32.1 Å². The number of aromatic nitrogens is 2. The van der Waals surface area contributed by atoms with Gasteiger partial charge in [-0.25, -0.2) is 13.2 Å². The number of alkyl halides is 1. The minimum absolute atomic E-state index is 0.0249. The second kappa shape index (κ2) is 11.8. The van der Waals surface area contributed by atoms with Crippen LogP contribution in [0.5, 0.6) is 11.8 Å². The smallest absolute Gasteiger partial charge is 0.319 e.